The van der Waals surface area contributed by atoms with Crippen molar-refractivity contribution in [2.75, 3.05) is 18.2 Å². The zero-order valence-electron chi connectivity index (χ0n) is 21.9. The molecule has 0 aliphatic heterocycles. The number of carbonyl (C=O) groups is 2. The van der Waals surface area contributed by atoms with Gasteiger partial charge in [-0.3, -0.25) is 4.79 Å². The number of thiophene rings is 1. The molecule has 0 fully saturated rings. The van der Waals surface area contributed by atoms with E-state index in [0.717, 1.165) is 16.9 Å². The van der Waals surface area contributed by atoms with E-state index in [2.05, 4.69) is 41.5 Å². The Kier molecular flexibility index (Phi) is 8.85. The maximum Gasteiger partial charge on any atom is 0.341 e. The van der Waals surface area contributed by atoms with Gasteiger partial charge in [-0.1, -0.05) is 68.1 Å². The van der Waals surface area contributed by atoms with Crippen LogP contribution in [0.25, 0.3) is 11.1 Å². The van der Waals surface area contributed by atoms with Crippen LogP contribution < -0.4 is 10.1 Å². The topological polar surface area (TPSA) is 95.3 Å². The van der Waals surface area contributed by atoms with Gasteiger partial charge in [0, 0.05) is 18.0 Å². The lowest BCUT2D eigenvalue weighted by molar-refractivity contribution is -0.113. The van der Waals surface area contributed by atoms with Crippen molar-refractivity contribution in [3.05, 3.63) is 76.9 Å². The van der Waals surface area contributed by atoms with E-state index in [9.17, 15) is 9.59 Å². The average molecular weight is 551 g/mol. The summed E-state index contributed by atoms with van der Waals surface area (Å²) >= 11 is 2.54. The van der Waals surface area contributed by atoms with Crippen molar-refractivity contribution in [2.45, 2.75) is 37.9 Å². The first-order chi connectivity index (χ1) is 18.3. The molecule has 2 aromatic carbocycles. The first-order valence-electron chi connectivity index (χ1n) is 12.1. The molecule has 0 saturated carbocycles. The third-order valence-electron chi connectivity index (χ3n) is 5.94. The summed E-state index contributed by atoms with van der Waals surface area (Å²) in [7, 11) is 3.17. The van der Waals surface area contributed by atoms with Crippen LogP contribution in [-0.4, -0.2) is 39.5 Å². The second kappa shape index (κ2) is 12.3. The average Bonchev–Trinajstić information content (AvgIpc) is 3.51. The highest BCUT2D eigenvalue weighted by molar-refractivity contribution is 7.99. The van der Waals surface area contributed by atoms with Crippen molar-refractivity contribution in [3.63, 3.8) is 0 Å². The summed E-state index contributed by atoms with van der Waals surface area (Å²) in [6.07, 6.45) is -0.328. The molecule has 1 unspecified atom stereocenters. The van der Waals surface area contributed by atoms with Crippen molar-refractivity contribution in [2.24, 2.45) is 7.05 Å². The molecule has 8 nitrogen and oxygen atoms in total. The van der Waals surface area contributed by atoms with E-state index in [1.807, 2.05) is 66.4 Å². The molecule has 0 aliphatic carbocycles. The lowest BCUT2D eigenvalue weighted by Crippen LogP contribution is -2.16. The van der Waals surface area contributed by atoms with Gasteiger partial charge in [0.2, 0.25) is 5.91 Å². The second-order valence-corrected chi connectivity index (χ2v) is 10.8. The number of hydrogen-bond donors (Lipinski definition) is 1. The number of thioether (sulfide) groups is 1. The fourth-order valence-electron chi connectivity index (χ4n) is 3.87. The number of hydrogen-bond acceptors (Lipinski definition) is 8. The molecule has 4 aromatic rings. The van der Waals surface area contributed by atoms with Gasteiger partial charge in [0.25, 0.3) is 0 Å². The zero-order valence-corrected chi connectivity index (χ0v) is 23.6. The molecule has 4 rings (SSSR count). The van der Waals surface area contributed by atoms with Crippen molar-refractivity contribution < 1.29 is 19.1 Å². The predicted molar refractivity (Wildman–Crippen MR) is 151 cm³/mol. The van der Waals surface area contributed by atoms with Gasteiger partial charge in [-0.2, -0.15) is 0 Å². The summed E-state index contributed by atoms with van der Waals surface area (Å²) in [5.74, 6) is 1.19. The van der Waals surface area contributed by atoms with Crippen molar-refractivity contribution >= 4 is 40.0 Å². The van der Waals surface area contributed by atoms with Gasteiger partial charge in [-0.05, 0) is 36.1 Å². The molecule has 2 aromatic heterocycles. The predicted octanol–water partition coefficient (Wildman–Crippen LogP) is 6.32. The molecule has 10 heteroatoms. The Morgan fingerprint density at radius 1 is 1.05 bits per heavy atom. The van der Waals surface area contributed by atoms with Crippen LogP contribution in [0.5, 0.6) is 5.75 Å². The summed E-state index contributed by atoms with van der Waals surface area (Å²) < 4.78 is 12.9. The molecule has 0 saturated heterocycles. The van der Waals surface area contributed by atoms with Crippen LogP contribution in [0.1, 0.15) is 54.5 Å². The van der Waals surface area contributed by atoms with Gasteiger partial charge in [0.15, 0.2) is 17.1 Å². The number of amides is 1. The quantitative estimate of drug-likeness (QED) is 0.182. The highest BCUT2D eigenvalue weighted by atomic mass is 32.2. The number of rotatable bonds is 10. The lowest BCUT2D eigenvalue weighted by atomic mass is 10.0. The molecule has 0 aliphatic rings. The Bertz CT molecular complexity index is 1400. The lowest BCUT2D eigenvalue weighted by Gasteiger charge is -2.15. The van der Waals surface area contributed by atoms with Gasteiger partial charge in [-0.25, -0.2) is 4.79 Å². The van der Waals surface area contributed by atoms with Crippen LogP contribution in [-0.2, 0) is 16.6 Å². The number of methoxy groups -OCH3 is 1. The summed E-state index contributed by atoms with van der Waals surface area (Å²) in [5.41, 5.74) is 3.18. The van der Waals surface area contributed by atoms with Crippen LogP contribution in [0, 0.1) is 0 Å². The van der Waals surface area contributed by atoms with Crippen LogP contribution in [0.15, 0.2) is 65.1 Å². The van der Waals surface area contributed by atoms with E-state index in [0.29, 0.717) is 27.5 Å². The number of aromatic nitrogens is 3. The number of ether oxygens (including phenoxy) is 2. The fourth-order valence-corrected chi connectivity index (χ4v) is 5.56. The molecule has 38 heavy (non-hydrogen) atoms. The monoisotopic (exact) mass is 550 g/mol. The molecular formula is C28H30N4O4S2. The van der Waals surface area contributed by atoms with E-state index < -0.39 is 5.97 Å². The summed E-state index contributed by atoms with van der Waals surface area (Å²) in [4.78, 5) is 25.3. The third-order valence-corrected chi connectivity index (χ3v) is 7.86. The van der Waals surface area contributed by atoms with E-state index in [-0.39, 0.29) is 17.8 Å². The minimum absolute atomic E-state index is 0.0943. The standard InChI is InChI=1S/C28H30N4O4S2/c1-17(2)19-11-13-21(14-12-19)36-18(3)25-30-31-28(32(25)4)38-16-23(33)29-26-24(27(34)35-5)22(15-37-26)20-9-7-6-8-10-20/h6-15,17-18H,16H2,1-5H3,(H,29,33). The van der Waals surface area contributed by atoms with Crippen molar-refractivity contribution in [3.8, 4) is 16.9 Å². The van der Waals surface area contributed by atoms with E-state index in [4.69, 9.17) is 9.47 Å². The van der Waals surface area contributed by atoms with Crippen molar-refractivity contribution in [1.29, 1.82) is 0 Å². The Morgan fingerprint density at radius 2 is 1.76 bits per heavy atom. The Labute approximate surface area is 230 Å². The minimum Gasteiger partial charge on any atom is -0.483 e. The maximum atomic E-state index is 12.8. The number of carbonyl (C=O) groups excluding carboxylic acids is 2. The fraction of sp³-hybridized carbons (Fsp3) is 0.286. The molecular weight excluding hydrogens is 520 g/mol. The van der Waals surface area contributed by atoms with E-state index in [1.165, 1.54) is 35.8 Å². The largest absolute Gasteiger partial charge is 0.483 e. The number of nitrogens with one attached hydrogen (secondary N) is 1. The number of esters is 1. The normalized spacial score (nSPS) is 11.8. The Hall–Kier alpha value is -3.63. The molecule has 0 bridgehead atoms. The first-order valence-corrected chi connectivity index (χ1v) is 14.0. The Morgan fingerprint density at radius 3 is 2.42 bits per heavy atom. The molecule has 0 spiro atoms. The molecule has 1 N–H and O–H groups in total. The van der Waals surface area contributed by atoms with Gasteiger partial charge in [-0.15, -0.1) is 21.5 Å². The maximum absolute atomic E-state index is 12.8. The Balaban J connectivity index is 1.40. The van der Waals surface area contributed by atoms with Crippen LogP contribution in [0.3, 0.4) is 0 Å². The van der Waals surface area contributed by atoms with Crippen LogP contribution in [0.2, 0.25) is 0 Å². The summed E-state index contributed by atoms with van der Waals surface area (Å²) in [6.45, 7) is 6.22. The van der Waals surface area contributed by atoms with Gasteiger partial charge in [0.1, 0.15) is 16.3 Å². The number of nitrogens with zero attached hydrogens (tertiary/aromatic N) is 3. The highest BCUT2D eigenvalue weighted by Crippen LogP contribution is 2.36. The molecule has 1 atom stereocenters. The molecule has 0 radical (unpaired) electrons. The van der Waals surface area contributed by atoms with Crippen LogP contribution in [0.4, 0.5) is 5.00 Å². The van der Waals surface area contributed by atoms with E-state index in [1.54, 1.807) is 0 Å². The zero-order chi connectivity index (χ0) is 27.2. The van der Waals surface area contributed by atoms with Crippen molar-refractivity contribution in [1.82, 2.24) is 14.8 Å². The molecule has 2 heterocycles. The highest BCUT2D eigenvalue weighted by Gasteiger charge is 2.23. The molecule has 1 amide bonds. The van der Waals surface area contributed by atoms with Gasteiger partial charge >= 0.3 is 5.97 Å². The molecule has 198 valence electrons. The second-order valence-electron chi connectivity index (χ2n) is 8.93. The first kappa shape index (κ1) is 27.4. The van der Waals surface area contributed by atoms with E-state index >= 15 is 0 Å². The third kappa shape index (κ3) is 6.25. The number of benzene rings is 2. The minimum atomic E-state index is -0.501. The summed E-state index contributed by atoms with van der Waals surface area (Å²) in [6, 6.07) is 17.6. The smallest absolute Gasteiger partial charge is 0.341 e. The SMILES string of the molecule is COC(=O)c1c(-c2ccccc2)csc1NC(=O)CSc1nnc(C(C)Oc2ccc(C(C)C)cc2)n1C. The van der Waals surface area contributed by atoms with Gasteiger partial charge < -0.3 is 19.4 Å². The van der Waals surface area contributed by atoms with Gasteiger partial charge in [0.05, 0.1) is 12.9 Å². The number of anilines is 1. The summed E-state index contributed by atoms with van der Waals surface area (Å²) in [5, 5.41) is 14.3. The van der Waals surface area contributed by atoms with Crippen LogP contribution >= 0.6 is 23.1 Å².